The second-order valence-electron chi connectivity index (χ2n) is 8.89. The molecule has 1 saturated carbocycles. The van der Waals surface area contributed by atoms with E-state index in [0.717, 1.165) is 12.8 Å². The maximum atomic E-state index is 12.9. The van der Waals surface area contributed by atoms with Crippen LogP contribution in [0.3, 0.4) is 0 Å². The van der Waals surface area contributed by atoms with Crippen LogP contribution in [-0.4, -0.2) is 34.0 Å². The normalized spacial score (nSPS) is 25.2. The number of halogens is 2. The van der Waals surface area contributed by atoms with Gasteiger partial charge >= 0.3 is 5.97 Å². The Morgan fingerprint density at radius 1 is 0.875 bits per heavy atom. The van der Waals surface area contributed by atoms with E-state index in [-0.39, 0.29) is 39.3 Å². The molecule has 1 aromatic rings. The fraction of sp³-hybridized carbons (Fsp3) is 0.640. The van der Waals surface area contributed by atoms with Gasteiger partial charge in [0, 0.05) is 9.65 Å². The Labute approximate surface area is 207 Å². The Morgan fingerprint density at radius 3 is 1.91 bits per heavy atom. The lowest BCUT2D eigenvalue weighted by Gasteiger charge is -2.29. The number of imide groups is 1. The van der Waals surface area contributed by atoms with Crippen molar-refractivity contribution in [2.24, 2.45) is 11.8 Å². The average Bonchev–Trinajstić information content (AvgIpc) is 3.02. The van der Waals surface area contributed by atoms with Gasteiger partial charge in [0.25, 0.3) is 0 Å². The van der Waals surface area contributed by atoms with Crippen LogP contribution in [0.4, 0.5) is 5.69 Å². The van der Waals surface area contributed by atoms with Crippen molar-refractivity contribution < 1.29 is 19.1 Å². The third-order valence-electron chi connectivity index (χ3n) is 6.50. The molecule has 4 atom stereocenters. The highest BCUT2D eigenvalue weighted by molar-refractivity contribution is 9.12. The van der Waals surface area contributed by atoms with Crippen LogP contribution in [-0.2, 0) is 14.3 Å². The monoisotopic (exact) mass is 569 g/mol. The average molecular weight is 571 g/mol. The Bertz CT molecular complexity index is 770. The molecule has 176 valence electrons. The van der Waals surface area contributed by atoms with E-state index >= 15 is 0 Å². The van der Waals surface area contributed by atoms with Crippen LogP contribution in [0.5, 0.6) is 0 Å². The summed E-state index contributed by atoms with van der Waals surface area (Å²) in [5.41, 5.74) is 0.956. The maximum Gasteiger partial charge on any atom is 0.338 e. The highest BCUT2D eigenvalue weighted by Crippen LogP contribution is 2.44. The van der Waals surface area contributed by atoms with Crippen LogP contribution in [0.2, 0.25) is 0 Å². The SMILES string of the molecule is CCCCCCCCCCOC(=O)c1ccc(N2C(=O)[C@H]3C[C@@H](Br)[C@H](Br)C[C@H]3C2=O)cc1. The summed E-state index contributed by atoms with van der Waals surface area (Å²) in [4.78, 5) is 39.8. The molecule has 0 unspecified atom stereocenters. The van der Waals surface area contributed by atoms with Gasteiger partial charge in [-0.15, -0.1) is 0 Å². The van der Waals surface area contributed by atoms with Gasteiger partial charge in [-0.25, -0.2) is 4.79 Å². The minimum atomic E-state index is -0.364. The molecule has 2 aliphatic rings. The van der Waals surface area contributed by atoms with E-state index in [4.69, 9.17) is 4.74 Å². The summed E-state index contributed by atoms with van der Waals surface area (Å²) in [6.45, 7) is 2.64. The first-order valence-corrected chi connectivity index (χ1v) is 13.7. The molecule has 3 rings (SSSR count). The predicted molar refractivity (Wildman–Crippen MR) is 133 cm³/mol. The van der Waals surface area contributed by atoms with Crippen LogP contribution in [0.25, 0.3) is 0 Å². The largest absolute Gasteiger partial charge is 0.462 e. The molecule has 1 aliphatic carbocycles. The van der Waals surface area contributed by atoms with Gasteiger partial charge in [0.1, 0.15) is 0 Å². The van der Waals surface area contributed by atoms with Crippen molar-refractivity contribution in [1.82, 2.24) is 0 Å². The summed E-state index contributed by atoms with van der Waals surface area (Å²) >= 11 is 7.21. The fourth-order valence-electron chi connectivity index (χ4n) is 4.58. The molecule has 2 amide bonds. The van der Waals surface area contributed by atoms with E-state index in [0.29, 0.717) is 30.7 Å². The molecule has 0 spiro atoms. The zero-order valence-electron chi connectivity index (χ0n) is 18.7. The van der Waals surface area contributed by atoms with Crippen molar-refractivity contribution >= 4 is 55.3 Å². The number of alkyl halides is 2. The van der Waals surface area contributed by atoms with Gasteiger partial charge in [0.05, 0.1) is 29.7 Å². The van der Waals surface area contributed by atoms with E-state index in [9.17, 15) is 14.4 Å². The summed E-state index contributed by atoms with van der Waals surface area (Å²) in [5, 5.41) is 0. The lowest BCUT2D eigenvalue weighted by Crippen LogP contribution is -2.34. The maximum absolute atomic E-state index is 12.9. The second-order valence-corrected chi connectivity index (χ2v) is 11.2. The minimum Gasteiger partial charge on any atom is -0.462 e. The molecule has 1 heterocycles. The van der Waals surface area contributed by atoms with Crippen LogP contribution in [0.1, 0.15) is 81.5 Å². The number of hydrogen-bond acceptors (Lipinski definition) is 4. The van der Waals surface area contributed by atoms with Gasteiger partial charge in [-0.1, -0.05) is 83.7 Å². The quantitative estimate of drug-likeness (QED) is 0.133. The van der Waals surface area contributed by atoms with Gasteiger partial charge in [0.15, 0.2) is 0 Å². The highest BCUT2D eigenvalue weighted by Gasteiger charge is 2.52. The number of esters is 1. The molecular formula is C25H33Br2NO4. The highest BCUT2D eigenvalue weighted by atomic mass is 79.9. The van der Waals surface area contributed by atoms with Crippen LogP contribution in [0.15, 0.2) is 24.3 Å². The standard InChI is InChI=1S/C25H33Br2NO4/c1-2-3-4-5-6-7-8-9-14-32-25(31)17-10-12-18(13-11-17)28-23(29)19-15-21(26)22(27)16-20(19)24(28)30/h10-13,19-22H,2-9,14-16H2,1H3/t19-,20+,21-,22-/m1/s1. The molecule has 7 heteroatoms. The summed E-state index contributed by atoms with van der Waals surface area (Å²) in [6, 6.07) is 6.59. The van der Waals surface area contributed by atoms with Gasteiger partial charge in [-0.2, -0.15) is 0 Å². The first-order valence-electron chi connectivity index (χ1n) is 11.9. The minimum absolute atomic E-state index is 0.145. The van der Waals surface area contributed by atoms with E-state index in [1.807, 2.05) is 0 Å². The number of amides is 2. The second kappa shape index (κ2) is 12.3. The van der Waals surface area contributed by atoms with E-state index in [2.05, 4.69) is 38.8 Å². The molecule has 32 heavy (non-hydrogen) atoms. The number of ether oxygens (including phenoxy) is 1. The van der Waals surface area contributed by atoms with Crippen LogP contribution < -0.4 is 4.90 Å². The molecular weight excluding hydrogens is 538 g/mol. The summed E-state index contributed by atoms with van der Waals surface area (Å²) in [5.74, 6) is -1.21. The molecule has 1 aliphatic heterocycles. The van der Waals surface area contributed by atoms with Crippen LogP contribution >= 0.6 is 31.9 Å². The number of fused-ring (bicyclic) bond motifs is 1. The molecule has 0 radical (unpaired) electrons. The summed E-state index contributed by atoms with van der Waals surface area (Å²) in [6.07, 6.45) is 10.8. The zero-order chi connectivity index (χ0) is 23.1. The van der Waals surface area contributed by atoms with Gasteiger partial charge < -0.3 is 4.74 Å². The van der Waals surface area contributed by atoms with Crippen molar-refractivity contribution in [2.75, 3.05) is 11.5 Å². The number of rotatable bonds is 11. The van der Waals surface area contributed by atoms with Crippen molar-refractivity contribution in [3.05, 3.63) is 29.8 Å². The number of benzene rings is 1. The summed E-state index contributed by atoms with van der Waals surface area (Å²) < 4.78 is 5.38. The Balaban J connectivity index is 1.46. The first kappa shape index (κ1) is 25.4. The lowest BCUT2D eigenvalue weighted by atomic mass is 9.81. The molecule has 2 fully saturated rings. The number of anilines is 1. The number of carbonyl (C=O) groups excluding carboxylic acids is 3. The molecule has 1 aromatic carbocycles. The molecule has 0 bridgehead atoms. The fourth-order valence-corrected chi connectivity index (χ4v) is 5.82. The topological polar surface area (TPSA) is 63.7 Å². The molecule has 0 N–H and O–H groups in total. The number of carbonyl (C=O) groups is 3. The number of nitrogens with zero attached hydrogens (tertiary/aromatic N) is 1. The first-order chi connectivity index (χ1) is 15.4. The van der Waals surface area contributed by atoms with Gasteiger partial charge in [0.2, 0.25) is 11.8 Å². The van der Waals surface area contributed by atoms with Crippen molar-refractivity contribution in [3.8, 4) is 0 Å². The molecule has 1 saturated heterocycles. The third-order valence-corrected chi connectivity index (χ3v) is 9.24. The van der Waals surface area contributed by atoms with E-state index in [1.54, 1.807) is 24.3 Å². The zero-order valence-corrected chi connectivity index (χ0v) is 21.9. The number of unbranched alkanes of at least 4 members (excludes halogenated alkanes) is 7. The number of hydrogen-bond donors (Lipinski definition) is 0. The van der Waals surface area contributed by atoms with E-state index in [1.165, 1.54) is 43.4 Å². The van der Waals surface area contributed by atoms with Gasteiger partial charge in [-0.05, 0) is 43.5 Å². The summed E-state index contributed by atoms with van der Waals surface area (Å²) in [7, 11) is 0. The Morgan fingerprint density at radius 2 is 1.38 bits per heavy atom. The van der Waals surface area contributed by atoms with E-state index < -0.39 is 0 Å². The van der Waals surface area contributed by atoms with Crippen molar-refractivity contribution in [2.45, 2.75) is 80.8 Å². The predicted octanol–water partition coefficient (Wildman–Crippen LogP) is 6.41. The molecule has 5 nitrogen and oxygen atoms in total. The third kappa shape index (κ3) is 6.22. The smallest absolute Gasteiger partial charge is 0.338 e. The van der Waals surface area contributed by atoms with Crippen molar-refractivity contribution in [1.29, 1.82) is 0 Å². The Hall–Kier alpha value is -1.21. The Kier molecular flexibility index (Phi) is 9.77. The van der Waals surface area contributed by atoms with Crippen LogP contribution in [0, 0.1) is 11.8 Å². The van der Waals surface area contributed by atoms with Crippen molar-refractivity contribution in [3.63, 3.8) is 0 Å². The van der Waals surface area contributed by atoms with Gasteiger partial charge in [-0.3, -0.25) is 14.5 Å². The molecule has 0 aromatic heterocycles. The lowest BCUT2D eigenvalue weighted by molar-refractivity contribution is -0.122.